The van der Waals surface area contributed by atoms with Gasteiger partial charge in [-0.05, 0) is 48.0 Å². The zero-order valence-corrected chi connectivity index (χ0v) is 20.1. The van der Waals surface area contributed by atoms with Crippen molar-refractivity contribution in [3.05, 3.63) is 77.9 Å². The van der Waals surface area contributed by atoms with Gasteiger partial charge >= 0.3 is 6.18 Å². The van der Waals surface area contributed by atoms with Gasteiger partial charge in [-0.2, -0.15) is 18.3 Å². The Morgan fingerprint density at radius 1 is 1.03 bits per heavy atom. The van der Waals surface area contributed by atoms with Crippen LogP contribution in [0.3, 0.4) is 0 Å². The fourth-order valence-electron chi connectivity index (χ4n) is 2.82. The predicted octanol–water partition coefficient (Wildman–Crippen LogP) is 4.48. The van der Waals surface area contributed by atoms with Crippen LogP contribution >= 0.6 is 24.0 Å². The number of ether oxygens (including phenoxy) is 1. The predicted molar refractivity (Wildman–Crippen MR) is 129 cm³/mol. The molecule has 3 rings (SSSR count). The Morgan fingerprint density at radius 3 is 2.36 bits per heavy atom. The standard InChI is InChI=1S/C22H23F4N5O.HI/c1-27-21(29-14-16-2-8-20(9-3-16)32-15-22(24,25)26)28-12-10-18-11-13-31(30-18)19-6-4-17(23)5-7-19;/h2-9,11,13H,10,12,14-15H2,1H3,(H2,27,28,29);1H. The topological polar surface area (TPSA) is 63.5 Å². The van der Waals surface area contributed by atoms with Crippen molar-refractivity contribution in [1.29, 1.82) is 0 Å². The number of rotatable bonds is 8. The number of aliphatic imine (C=N–C) groups is 1. The maximum Gasteiger partial charge on any atom is 0.422 e. The molecule has 0 aliphatic heterocycles. The number of nitrogens with zero attached hydrogens (tertiary/aromatic N) is 3. The van der Waals surface area contributed by atoms with Crippen LogP contribution in [0, 0.1) is 5.82 Å². The summed E-state index contributed by atoms with van der Waals surface area (Å²) in [5.74, 6) is 0.448. The molecule has 0 bridgehead atoms. The average molecular weight is 577 g/mol. The molecule has 178 valence electrons. The molecule has 0 aliphatic carbocycles. The summed E-state index contributed by atoms with van der Waals surface area (Å²) in [6, 6.07) is 14.4. The van der Waals surface area contributed by atoms with Crippen LogP contribution in [0.15, 0.2) is 65.8 Å². The first kappa shape index (κ1) is 26.4. The van der Waals surface area contributed by atoms with E-state index in [4.69, 9.17) is 4.74 Å². The van der Waals surface area contributed by atoms with Crippen LogP contribution in [0.4, 0.5) is 17.6 Å². The van der Waals surface area contributed by atoms with E-state index in [2.05, 4.69) is 20.7 Å². The van der Waals surface area contributed by atoms with Crippen molar-refractivity contribution < 1.29 is 22.3 Å². The SMILES string of the molecule is CN=C(NCCc1ccn(-c2ccc(F)cc2)n1)NCc1ccc(OCC(F)(F)F)cc1.I. The molecular weight excluding hydrogens is 553 g/mol. The molecule has 2 aromatic carbocycles. The first-order valence-corrected chi connectivity index (χ1v) is 9.86. The van der Waals surface area contributed by atoms with Crippen LogP contribution in [0.25, 0.3) is 5.69 Å². The summed E-state index contributed by atoms with van der Waals surface area (Å²) in [5.41, 5.74) is 2.51. The maximum absolute atomic E-state index is 13.0. The van der Waals surface area contributed by atoms with E-state index in [-0.39, 0.29) is 35.5 Å². The van der Waals surface area contributed by atoms with E-state index >= 15 is 0 Å². The Balaban J connectivity index is 0.00000385. The van der Waals surface area contributed by atoms with Crippen molar-refractivity contribution in [1.82, 2.24) is 20.4 Å². The molecule has 0 atom stereocenters. The fraction of sp³-hybridized carbons (Fsp3) is 0.273. The molecule has 0 amide bonds. The van der Waals surface area contributed by atoms with Gasteiger partial charge in [0.2, 0.25) is 0 Å². The minimum atomic E-state index is -4.36. The van der Waals surface area contributed by atoms with Crippen LogP contribution in [-0.4, -0.2) is 42.1 Å². The summed E-state index contributed by atoms with van der Waals surface area (Å²) in [7, 11) is 1.65. The third-order valence-electron chi connectivity index (χ3n) is 4.42. The Labute approximate surface area is 206 Å². The van der Waals surface area contributed by atoms with E-state index in [0.29, 0.717) is 25.5 Å². The highest BCUT2D eigenvalue weighted by atomic mass is 127. The molecule has 0 aliphatic rings. The molecule has 0 saturated heterocycles. The molecule has 0 saturated carbocycles. The molecule has 33 heavy (non-hydrogen) atoms. The molecule has 2 N–H and O–H groups in total. The molecule has 1 heterocycles. The third-order valence-corrected chi connectivity index (χ3v) is 4.42. The lowest BCUT2D eigenvalue weighted by Crippen LogP contribution is -2.37. The smallest absolute Gasteiger partial charge is 0.422 e. The number of hydrogen-bond acceptors (Lipinski definition) is 3. The Bertz CT molecular complexity index is 1020. The molecule has 3 aromatic rings. The molecule has 11 heteroatoms. The molecule has 6 nitrogen and oxygen atoms in total. The van der Waals surface area contributed by atoms with Crippen LogP contribution in [0.2, 0.25) is 0 Å². The summed E-state index contributed by atoms with van der Waals surface area (Å²) in [6.45, 7) is -0.286. The van der Waals surface area contributed by atoms with Gasteiger partial charge in [0.15, 0.2) is 12.6 Å². The number of hydrogen-bond donors (Lipinski definition) is 2. The second kappa shape index (κ2) is 12.4. The van der Waals surface area contributed by atoms with Gasteiger partial charge in [-0.15, -0.1) is 24.0 Å². The van der Waals surface area contributed by atoms with Crippen molar-refractivity contribution in [3.8, 4) is 11.4 Å². The van der Waals surface area contributed by atoms with Gasteiger partial charge < -0.3 is 15.4 Å². The lowest BCUT2D eigenvalue weighted by atomic mass is 10.2. The van der Waals surface area contributed by atoms with Crippen molar-refractivity contribution in [2.45, 2.75) is 19.1 Å². The molecular formula is C22H24F4IN5O. The van der Waals surface area contributed by atoms with Gasteiger partial charge in [0.05, 0.1) is 11.4 Å². The van der Waals surface area contributed by atoms with Crippen LogP contribution < -0.4 is 15.4 Å². The van der Waals surface area contributed by atoms with E-state index in [9.17, 15) is 17.6 Å². The number of halogens is 5. The minimum absolute atomic E-state index is 0. The Kier molecular flexibility index (Phi) is 9.95. The van der Waals surface area contributed by atoms with E-state index < -0.39 is 12.8 Å². The second-order valence-electron chi connectivity index (χ2n) is 6.88. The minimum Gasteiger partial charge on any atom is -0.484 e. The van der Waals surface area contributed by atoms with Crippen LogP contribution in [0.5, 0.6) is 5.75 Å². The van der Waals surface area contributed by atoms with E-state index in [1.54, 1.807) is 36.0 Å². The van der Waals surface area contributed by atoms with Crippen molar-refractivity contribution in [3.63, 3.8) is 0 Å². The summed E-state index contributed by atoms with van der Waals surface area (Å²) < 4.78 is 56.0. The van der Waals surface area contributed by atoms with Gasteiger partial charge in [0.25, 0.3) is 0 Å². The van der Waals surface area contributed by atoms with Crippen molar-refractivity contribution in [2.75, 3.05) is 20.2 Å². The molecule has 0 spiro atoms. The largest absolute Gasteiger partial charge is 0.484 e. The summed E-state index contributed by atoms with van der Waals surface area (Å²) in [4.78, 5) is 4.15. The summed E-state index contributed by atoms with van der Waals surface area (Å²) >= 11 is 0. The number of nitrogens with one attached hydrogen (secondary N) is 2. The van der Waals surface area contributed by atoms with Crippen LogP contribution in [0.1, 0.15) is 11.3 Å². The van der Waals surface area contributed by atoms with E-state index in [1.807, 2.05) is 12.3 Å². The van der Waals surface area contributed by atoms with E-state index in [1.165, 1.54) is 24.3 Å². The fourth-order valence-corrected chi connectivity index (χ4v) is 2.82. The van der Waals surface area contributed by atoms with Gasteiger partial charge in [-0.1, -0.05) is 12.1 Å². The molecule has 1 aromatic heterocycles. The maximum atomic E-state index is 13.0. The third kappa shape index (κ3) is 8.91. The lowest BCUT2D eigenvalue weighted by molar-refractivity contribution is -0.153. The Morgan fingerprint density at radius 2 is 1.73 bits per heavy atom. The van der Waals surface area contributed by atoms with Crippen molar-refractivity contribution in [2.24, 2.45) is 4.99 Å². The highest BCUT2D eigenvalue weighted by Gasteiger charge is 2.28. The van der Waals surface area contributed by atoms with E-state index in [0.717, 1.165) is 16.9 Å². The normalized spacial score (nSPS) is 11.6. The Hall–Kier alpha value is -2.83. The quantitative estimate of drug-likeness (QED) is 0.180. The molecule has 0 unspecified atom stereocenters. The number of benzene rings is 2. The van der Waals surface area contributed by atoms with Gasteiger partial charge in [-0.25, -0.2) is 9.07 Å². The van der Waals surface area contributed by atoms with Crippen LogP contribution in [-0.2, 0) is 13.0 Å². The highest BCUT2D eigenvalue weighted by molar-refractivity contribution is 14.0. The lowest BCUT2D eigenvalue weighted by Gasteiger charge is -2.12. The zero-order valence-electron chi connectivity index (χ0n) is 17.8. The molecule has 0 fully saturated rings. The summed E-state index contributed by atoms with van der Waals surface area (Å²) in [6.07, 6.45) is -1.89. The number of aromatic nitrogens is 2. The number of alkyl halides is 3. The zero-order chi connectivity index (χ0) is 23.0. The molecule has 0 radical (unpaired) electrons. The van der Waals surface area contributed by atoms with Gasteiger partial charge in [0.1, 0.15) is 11.6 Å². The van der Waals surface area contributed by atoms with Gasteiger partial charge in [-0.3, -0.25) is 4.99 Å². The average Bonchev–Trinajstić information content (AvgIpc) is 3.24. The summed E-state index contributed by atoms with van der Waals surface area (Å²) in [5, 5.41) is 10.8. The van der Waals surface area contributed by atoms with Gasteiger partial charge in [0, 0.05) is 32.8 Å². The number of guanidine groups is 1. The first-order valence-electron chi connectivity index (χ1n) is 9.86. The van der Waals surface area contributed by atoms with Crippen molar-refractivity contribution >= 4 is 29.9 Å². The monoisotopic (exact) mass is 577 g/mol. The highest BCUT2D eigenvalue weighted by Crippen LogP contribution is 2.18. The second-order valence-corrected chi connectivity index (χ2v) is 6.88. The first-order chi connectivity index (χ1) is 15.3.